The van der Waals surface area contributed by atoms with Crippen LogP contribution in [0.3, 0.4) is 0 Å². The molecule has 2 aromatic rings. The van der Waals surface area contributed by atoms with E-state index >= 15 is 0 Å². The summed E-state index contributed by atoms with van der Waals surface area (Å²) in [6.07, 6.45) is 1.49. The Morgan fingerprint density at radius 2 is 2.29 bits per heavy atom. The summed E-state index contributed by atoms with van der Waals surface area (Å²) in [5, 5.41) is 10.4. The first-order valence-electron chi connectivity index (χ1n) is 5.01. The summed E-state index contributed by atoms with van der Waals surface area (Å²) >= 11 is 0. The highest BCUT2D eigenvalue weighted by Gasteiger charge is 2.12. The summed E-state index contributed by atoms with van der Waals surface area (Å²) in [4.78, 5) is 14.2. The minimum absolute atomic E-state index is 0.109. The van der Waals surface area contributed by atoms with E-state index in [1.54, 1.807) is 18.2 Å². The molecule has 0 aliphatic rings. The fourth-order valence-corrected chi connectivity index (χ4v) is 1.56. The zero-order valence-corrected chi connectivity index (χ0v) is 9.06. The van der Waals surface area contributed by atoms with E-state index in [2.05, 4.69) is 11.6 Å². The van der Waals surface area contributed by atoms with Gasteiger partial charge in [0.05, 0.1) is 5.52 Å². The largest absolute Gasteiger partial charge is 0.504 e. The van der Waals surface area contributed by atoms with Crippen molar-refractivity contribution in [2.24, 2.45) is 0 Å². The topological polar surface area (TPSA) is 88.3 Å². The minimum Gasteiger partial charge on any atom is -0.504 e. The molecule has 0 saturated carbocycles. The van der Waals surface area contributed by atoms with Gasteiger partial charge in [0, 0.05) is 11.1 Å². The molecule has 0 unspecified atom stereocenters. The van der Waals surface area contributed by atoms with Crippen molar-refractivity contribution in [1.29, 1.82) is 0 Å². The van der Waals surface area contributed by atoms with Gasteiger partial charge in [-0.05, 0) is 18.2 Å². The van der Waals surface area contributed by atoms with E-state index in [9.17, 15) is 9.90 Å². The smallest absolute Gasteiger partial charge is 0.294 e. The van der Waals surface area contributed by atoms with Crippen LogP contribution in [-0.4, -0.2) is 16.7 Å². The van der Waals surface area contributed by atoms with Crippen LogP contribution >= 0.6 is 0 Å². The van der Waals surface area contributed by atoms with Gasteiger partial charge in [0.25, 0.3) is 5.56 Å². The number of H-pyrrole nitrogens is 1. The van der Waals surface area contributed by atoms with Crippen molar-refractivity contribution in [3.05, 3.63) is 41.2 Å². The molecule has 2 rings (SSSR count). The van der Waals surface area contributed by atoms with E-state index in [1.807, 2.05) is 0 Å². The Labute approximate surface area is 97.1 Å². The molecule has 0 aliphatic carbocycles. The van der Waals surface area contributed by atoms with E-state index < -0.39 is 5.56 Å². The van der Waals surface area contributed by atoms with Gasteiger partial charge in [-0.25, -0.2) is 0 Å². The van der Waals surface area contributed by atoms with Crippen molar-refractivity contribution in [1.82, 2.24) is 4.98 Å². The number of nitrogens with one attached hydrogen (secondary N) is 1. The Kier molecular flexibility index (Phi) is 2.74. The highest BCUT2D eigenvalue weighted by Crippen LogP contribution is 2.30. The van der Waals surface area contributed by atoms with Gasteiger partial charge in [0.2, 0.25) is 5.75 Å². The average Bonchev–Trinajstić information content (AvgIpc) is 2.28. The Morgan fingerprint density at radius 1 is 1.53 bits per heavy atom. The highest BCUT2D eigenvalue weighted by atomic mass is 16.5. The molecular formula is C12H12N2O3. The first-order chi connectivity index (χ1) is 8.13. The normalized spacial score (nSPS) is 10.4. The molecule has 0 bridgehead atoms. The van der Waals surface area contributed by atoms with E-state index in [-0.39, 0.29) is 18.1 Å². The van der Waals surface area contributed by atoms with Gasteiger partial charge in [-0.2, -0.15) is 0 Å². The van der Waals surface area contributed by atoms with Crippen molar-refractivity contribution < 1.29 is 9.84 Å². The zero-order chi connectivity index (χ0) is 12.4. The molecule has 0 aliphatic heterocycles. The lowest BCUT2D eigenvalue weighted by atomic mass is 10.2. The molecule has 0 amide bonds. The number of benzene rings is 1. The van der Waals surface area contributed by atoms with Crippen LogP contribution in [0.25, 0.3) is 10.9 Å². The number of ether oxygens (including phenoxy) is 1. The molecule has 1 aromatic carbocycles. The number of nitrogens with two attached hydrogens (primary N) is 1. The first-order valence-corrected chi connectivity index (χ1v) is 5.01. The molecule has 0 fully saturated rings. The lowest BCUT2D eigenvalue weighted by Gasteiger charge is -2.08. The van der Waals surface area contributed by atoms with Gasteiger partial charge in [-0.3, -0.25) is 4.79 Å². The second kappa shape index (κ2) is 4.21. The molecule has 0 radical (unpaired) electrons. The van der Waals surface area contributed by atoms with Crippen LogP contribution in [-0.2, 0) is 0 Å². The van der Waals surface area contributed by atoms with Gasteiger partial charge in [-0.1, -0.05) is 12.7 Å². The quantitative estimate of drug-likeness (QED) is 0.551. The highest BCUT2D eigenvalue weighted by molar-refractivity contribution is 5.88. The number of aromatic nitrogens is 1. The predicted octanol–water partition coefficient (Wildman–Crippen LogP) is 1.38. The molecule has 0 saturated heterocycles. The first kappa shape index (κ1) is 11.1. The standard InChI is InChI=1S/C12H12N2O3/c1-2-5-17-11-10(15)8-4-3-7(13)6-9(8)14-12(11)16/h2-4,6H,1,5,13H2,(H2,14,15,16). The van der Waals surface area contributed by atoms with Crippen LogP contribution in [0, 0.1) is 0 Å². The Balaban J connectivity index is 2.67. The van der Waals surface area contributed by atoms with Crippen molar-refractivity contribution in [2.45, 2.75) is 0 Å². The lowest BCUT2D eigenvalue weighted by molar-refractivity contribution is 0.333. The third-order valence-corrected chi connectivity index (χ3v) is 2.31. The second-order valence-corrected chi connectivity index (χ2v) is 3.54. The molecule has 17 heavy (non-hydrogen) atoms. The summed E-state index contributed by atoms with van der Waals surface area (Å²) in [6.45, 7) is 3.62. The Hall–Kier alpha value is -2.43. The number of hydrogen-bond donors (Lipinski definition) is 3. The number of aromatic hydroxyl groups is 1. The fourth-order valence-electron chi connectivity index (χ4n) is 1.56. The number of aromatic amines is 1. The maximum absolute atomic E-state index is 11.7. The van der Waals surface area contributed by atoms with Crippen LogP contribution in [0.5, 0.6) is 11.5 Å². The van der Waals surface area contributed by atoms with E-state index in [0.717, 1.165) is 0 Å². The SMILES string of the molecule is C=CCOc1c(O)c2ccc(N)cc2[nH]c1=O. The number of rotatable bonds is 3. The number of anilines is 1. The van der Waals surface area contributed by atoms with Crippen LogP contribution in [0.1, 0.15) is 0 Å². The monoisotopic (exact) mass is 232 g/mol. The van der Waals surface area contributed by atoms with E-state index in [4.69, 9.17) is 10.5 Å². The van der Waals surface area contributed by atoms with E-state index in [0.29, 0.717) is 16.6 Å². The molecule has 88 valence electrons. The fraction of sp³-hybridized carbons (Fsp3) is 0.0833. The molecule has 0 spiro atoms. The summed E-state index contributed by atoms with van der Waals surface area (Å²) in [5.41, 5.74) is 6.07. The van der Waals surface area contributed by atoms with E-state index in [1.165, 1.54) is 6.08 Å². The Morgan fingerprint density at radius 3 is 3.00 bits per heavy atom. The maximum atomic E-state index is 11.7. The van der Waals surface area contributed by atoms with Crippen molar-refractivity contribution in [3.8, 4) is 11.5 Å². The Bertz CT molecular complexity index is 631. The minimum atomic E-state index is -0.498. The van der Waals surface area contributed by atoms with Crippen LogP contribution in [0.15, 0.2) is 35.6 Å². The summed E-state index contributed by atoms with van der Waals surface area (Å²) in [6, 6.07) is 4.84. The number of fused-ring (bicyclic) bond motifs is 1. The summed E-state index contributed by atoms with van der Waals surface area (Å²) in [7, 11) is 0. The zero-order valence-electron chi connectivity index (χ0n) is 9.06. The van der Waals surface area contributed by atoms with Gasteiger partial charge in [0.15, 0.2) is 5.75 Å². The lowest BCUT2D eigenvalue weighted by Crippen LogP contribution is -2.11. The maximum Gasteiger partial charge on any atom is 0.294 e. The van der Waals surface area contributed by atoms with Crippen LogP contribution in [0.4, 0.5) is 5.69 Å². The van der Waals surface area contributed by atoms with Gasteiger partial charge in [-0.15, -0.1) is 0 Å². The van der Waals surface area contributed by atoms with Crippen LogP contribution < -0.4 is 16.0 Å². The van der Waals surface area contributed by atoms with Crippen molar-refractivity contribution >= 4 is 16.6 Å². The number of hydrogen-bond acceptors (Lipinski definition) is 4. The van der Waals surface area contributed by atoms with Crippen molar-refractivity contribution in [3.63, 3.8) is 0 Å². The molecule has 4 N–H and O–H groups in total. The van der Waals surface area contributed by atoms with Crippen LogP contribution in [0.2, 0.25) is 0 Å². The number of pyridine rings is 1. The third kappa shape index (κ3) is 1.94. The summed E-state index contributed by atoms with van der Waals surface area (Å²) in [5.74, 6) is -0.298. The third-order valence-electron chi connectivity index (χ3n) is 2.31. The van der Waals surface area contributed by atoms with Gasteiger partial charge in [0.1, 0.15) is 6.61 Å². The summed E-state index contributed by atoms with van der Waals surface area (Å²) < 4.78 is 5.11. The van der Waals surface area contributed by atoms with Gasteiger partial charge >= 0.3 is 0 Å². The second-order valence-electron chi connectivity index (χ2n) is 3.54. The molecule has 1 aromatic heterocycles. The average molecular weight is 232 g/mol. The molecule has 5 nitrogen and oxygen atoms in total. The molecule has 5 heteroatoms. The van der Waals surface area contributed by atoms with Gasteiger partial charge < -0.3 is 20.6 Å². The molecular weight excluding hydrogens is 220 g/mol. The predicted molar refractivity (Wildman–Crippen MR) is 66.3 cm³/mol. The molecule has 0 atom stereocenters. The van der Waals surface area contributed by atoms with Crippen molar-refractivity contribution in [2.75, 3.05) is 12.3 Å². The number of nitrogen functional groups attached to an aromatic ring is 1. The molecule has 1 heterocycles.